The third-order valence-corrected chi connectivity index (χ3v) is 6.39. The third-order valence-electron chi connectivity index (χ3n) is 6.39. The second-order valence-corrected chi connectivity index (χ2v) is 8.98. The van der Waals surface area contributed by atoms with Crippen LogP contribution in [0.15, 0.2) is 0 Å². The number of nitrogens with zero attached hydrogens (tertiary/aromatic N) is 1. The van der Waals surface area contributed by atoms with Crippen LogP contribution in [-0.4, -0.2) is 115 Å². The molecule has 0 bridgehead atoms. The molecule has 9 heteroatoms. The molecule has 1 fully saturated rings. The van der Waals surface area contributed by atoms with E-state index >= 15 is 0 Å². The fourth-order valence-corrected chi connectivity index (χ4v) is 4.30. The number of hydrogen-bond donors (Lipinski definition) is 8. The van der Waals surface area contributed by atoms with Gasteiger partial charge in [0.15, 0.2) is 0 Å². The van der Waals surface area contributed by atoms with E-state index in [1.807, 2.05) is 0 Å². The zero-order chi connectivity index (χ0) is 23.2. The first-order valence-electron chi connectivity index (χ1n) is 11.9. The van der Waals surface area contributed by atoms with Crippen LogP contribution in [0.3, 0.4) is 0 Å². The molecule has 0 saturated heterocycles. The molecule has 0 aromatic rings. The van der Waals surface area contributed by atoms with E-state index in [-0.39, 0.29) is 19.1 Å². The van der Waals surface area contributed by atoms with Crippen molar-refractivity contribution in [2.45, 2.75) is 113 Å². The molecular weight excluding hydrogens is 406 g/mol. The first-order chi connectivity index (χ1) is 14.8. The van der Waals surface area contributed by atoms with E-state index < -0.39 is 49.8 Å². The molecule has 1 saturated carbocycles. The van der Waals surface area contributed by atoms with E-state index in [0.29, 0.717) is 0 Å². The third kappa shape index (κ3) is 10.9. The SMILES string of the molecule is OC[C@@H](O)[C@@H](O)[C@H](O)CN(C[C@@H](O)[C@H](O)[C@H](O)CO)C1CCCCCCCCCCC1. The Hall–Kier alpha value is -0.360. The predicted octanol–water partition coefficient (Wildman–Crippen LogP) is -0.888. The largest absolute Gasteiger partial charge is 0.394 e. The van der Waals surface area contributed by atoms with Gasteiger partial charge in [0.1, 0.15) is 24.4 Å². The van der Waals surface area contributed by atoms with Crippen LogP contribution in [0.1, 0.15) is 70.6 Å². The van der Waals surface area contributed by atoms with Gasteiger partial charge in [-0.3, -0.25) is 4.90 Å². The van der Waals surface area contributed by atoms with Gasteiger partial charge in [0.05, 0.1) is 25.4 Å². The Kier molecular flexibility index (Phi) is 15.1. The molecule has 9 nitrogen and oxygen atoms in total. The molecule has 0 unspecified atom stereocenters. The normalized spacial score (nSPS) is 23.9. The zero-order valence-corrected chi connectivity index (χ0v) is 18.7. The number of aliphatic hydroxyl groups is 8. The summed E-state index contributed by atoms with van der Waals surface area (Å²) < 4.78 is 0. The quantitative estimate of drug-likeness (QED) is 0.199. The lowest BCUT2D eigenvalue weighted by atomic mass is 9.95. The maximum Gasteiger partial charge on any atom is 0.109 e. The van der Waals surface area contributed by atoms with E-state index in [1.165, 1.54) is 32.1 Å². The Bertz CT molecular complexity index is 408. The van der Waals surface area contributed by atoms with Crippen LogP contribution >= 0.6 is 0 Å². The highest BCUT2D eigenvalue weighted by Crippen LogP contribution is 2.22. The molecule has 6 atom stereocenters. The molecule has 0 amide bonds. The van der Waals surface area contributed by atoms with Crippen LogP contribution in [0.2, 0.25) is 0 Å². The highest BCUT2D eigenvalue weighted by molar-refractivity contribution is 4.85. The zero-order valence-electron chi connectivity index (χ0n) is 18.7. The Morgan fingerprint density at radius 3 is 1.16 bits per heavy atom. The Labute approximate surface area is 186 Å². The topological polar surface area (TPSA) is 165 Å². The maximum atomic E-state index is 10.4. The molecule has 186 valence electrons. The fraction of sp³-hybridized carbons (Fsp3) is 1.00. The molecule has 0 aliphatic heterocycles. The molecule has 0 radical (unpaired) electrons. The van der Waals surface area contributed by atoms with E-state index in [2.05, 4.69) is 0 Å². The summed E-state index contributed by atoms with van der Waals surface area (Å²) >= 11 is 0. The van der Waals surface area contributed by atoms with Crippen molar-refractivity contribution >= 4 is 0 Å². The first kappa shape index (κ1) is 28.7. The van der Waals surface area contributed by atoms with E-state index in [0.717, 1.165) is 38.5 Å². The molecule has 31 heavy (non-hydrogen) atoms. The van der Waals surface area contributed by atoms with Gasteiger partial charge in [-0.2, -0.15) is 0 Å². The summed E-state index contributed by atoms with van der Waals surface area (Å²) in [6.45, 7) is -1.51. The smallest absolute Gasteiger partial charge is 0.109 e. The van der Waals surface area contributed by atoms with Gasteiger partial charge in [-0.15, -0.1) is 0 Å². The van der Waals surface area contributed by atoms with Gasteiger partial charge in [0, 0.05) is 19.1 Å². The van der Waals surface area contributed by atoms with E-state index in [1.54, 1.807) is 4.90 Å². The minimum absolute atomic E-state index is 0.0133. The van der Waals surface area contributed by atoms with Crippen molar-refractivity contribution < 1.29 is 40.9 Å². The second-order valence-electron chi connectivity index (χ2n) is 8.98. The predicted molar refractivity (Wildman–Crippen MR) is 116 cm³/mol. The van der Waals surface area contributed by atoms with Gasteiger partial charge in [0.2, 0.25) is 0 Å². The van der Waals surface area contributed by atoms with Gasteiger partial charge in [-0.25, -0.2) is 0 Å². The Morgan fingerprint density at radius 1 is 0.516 bits per heavy atom. The highest BCUT2D eigenvalue weighted by Gasteiger charge is 2.32. The van der Waals surface area contributed by atoms with Crippen LogP contribution in [-0.2, 0) is 0 Å². The second kappa shape index (κ2) is 16.3. The summed E-state index contributed by atoms with van der Waals surface area (Å²) in [5, 5.41) is 78.5. The summed E-state index contributed by atoms with van der Waals surface area (Å²) in [7, 11) is 0. The molecule has 1 aliphatic rings. The van der Waals surface area contributed by atoms with Crippen LogP contribution in [0, 0.1) is 0 Å². The van der Waals surface area contributed by atoms with Gasteiger partial charge in [0.25, 0.3) is 0 Å². The average Bonchev–Trinajstić information content (AvgIpc) is 2.76. The van der Waals surface area contributed by atoms with Gasteiger partial charge >= 0.3 is 0 Å². The van der Waals surface area contributed by atoms with Crippen molar-refractivity contribution in [3.63, 3.8) is 0 Å². The molecule has 1 rings (SSSR count). The highest BCUT2D eigenvalue weighted by atomic mass is 16.4. The van der Waals surface area contributed by atoms with Crippen molar-refractivity contribution in [2.24, 2.45) is 0 Å². The Balaban J connectivity index is 2.92. The van der Waals surface area contributed by atoms with Crippen molar-refractivity contribution in [3.05, 3.63) is 0 Å². The minimum atomic E-state index is -1.55. The van der Waals surface area contributed by atoms with Crippen LogP contribution in [0.4, 0.5) is 0 Å². The molecule has 0 spiro atoms. The fourth-order valence-electron chi connectivity index (χ4n) is 4.30. The number of aliphatic hydroxyl groups excluding tert-OH is 8. The maximum absolute atomic E-state index is 10.4. The number of hydrogen-bond acceptors (Lipinski definition) is 9. The summed E-state index contributed by atoms with van der Waals surface area (Å²) in [5.74, 6) is 0. The molecular formula is C22H45NO8. The molecule has 8 N–H and O–H groups in total. The standard InChI is InChI=1S/C22H45NO8/c24-14-19(28)21(30)17(26)12-23(13-18(27)22(31)20(29)15-25)16-10-8-6-4-2-1-3-5-7-9-11-16/h16-22,24-31H,1-15H2/t17-,18-,19-,20-,21+,22+/m1/s1. The summed E-state index contributed by atoms with van der Waals surface area (Å²) in [4.78, 5) is 1.79. The Morgan fingerprint density at radius 2 is 0.839 bits per heavy atom. The first-order valence-corrected chi connectivity index (χ1v) is 11.9. The lowest BCUT2D eigenvalue weighted by Crippen LogP contribution is -2.53. The molecule has 1 aliphatic carbocycles. The van der Waals surface area contributed by atoms with Crippen molar-refractivity contribution in [1.29, 1.82) is 0 Å². The van der Waals surface area contributed by atoms with Gasteiger partial charge in [-0.05, 0) is 12.8 Å². The van der Waals surface area contributed by atoms with E-state index in [4.69, 9.17) is 10.2 Å². The van der Waals surface area contributed by atoms with Crippen LogP contribution in [0.25, 0.3) is 0 Å². The van der Waals surface area contributed by atoms with Crippen LogP contribution < -0.4 is 0 Å². The summed E-state index contributed by atoms with van der Waals surface area (Å²) in [6, 6.07) is -0.0133. The molecule has 0 heterocycles. The van der Waals surface area contributed by atoms with Crippen molar-refractivity contribution in [3.8, 4) is 0 Å². The monoisotopic (exact) mass is 451 g/mol. The molecule has 0 aromatic carbocycles. The van der Waals surface area contributed by atoms with E-state index in [9.17, 15) is 30.6 Å². The van der Waals surface area contributed by atoms with Crippen LogP contribution in [0.5, 0.6) is 0 Å². The lowest BCUT2D eigenvalue weighted by molar-refractivity contribution is -0.106. The summed E-state index contributed by atoms with van der Waals surface area (Å²) in [6.07, 6.45) is 3.05. The molecule has 0 aromatic heterocycles. The average molecular weight is 452 g/mol. The van der Waals surface area contributed by atoms with Crippen molar-refractivity contribution in [1.82, 2.24) is 4.90 Å². The van der Waals surface area contributed by atoms with Gasteiger partial charge in [-0.1, -0.05) is 57.8 Å². The lowest BCUT2D eigenvalue weighted by Gasteiger charge is -2.37. The van der Waals surface area contributed by atoms with Gasteiger partial charge < -0.3 is 40.9 Å². The summed E-state index contributed by atoms with van der Waals surface area (Å²) in [5.41, 5.74) is 0. The van der Waals surface area contributed by atoms with Crippen molar-refractivity contribution in [2.75, 3.05) is 26.3 Å². The minimum Gasteiger partial charge on any atom is -0.394 e. The number of rotatable bonds is 11.